The molecule has 4 aliphatic rings. The van der Waals surface area contributed by atoms with Crippen molar-refractivity contribution in [3.05, 3.63) is 122 Å². The van der Waals surface area contributed by atoms with Gasteiger partial charge in [-0.05, 0) is 66.5 Å². The van der Waals surface area contributed by atoms with Crippen molar-refractivity contribution in [1.82, 2.24) is 46.4 Å². The Balaban J connectivity index is 0.786. The third-order valence-electron chi connectivity index (χ3n) is 13.0. The Morgan fingerprint density at radius 3 is 2.36 bits per heavy atom. The number of hydrogen-bond donors (Lipinski definition) is 6. The number of nitrogens with zero attached hydrogens (tertiary/aromatic N) is 3. The van der Waals surface area contributed by atoms with E-state index in [1.54, 1.807) is 41.8 Å². The molecule has 72 heavy (non-hydrogen) atoms. The fourth-order valence-corrected chi connectivity index (χ4v) is 9.35. The Morgan fingerprint density at radius 2 is 1.58 bits per heavy atom. The van der Waals surface area contributed by atoms with Crippen LogP contribution in [0.1, 0.15) is 77.1 Å². The zero-order valence-electron chi connectivity index (χ0n) is 39.6. The maximum absolute atomic E-state index is 15.3. The molecule has 0 saturated heterocycles. The highest BCUT2D eigenvalue weighted by atomic mass is 19.1. The molecule has 8 amide bonds. The number of aromatic nitrogens is 2. The molecular formula is C51H54FN9O11. The highest BCUT2D eigenvalue weighted by molar-refractivity contribution is 6.12. The van der Waals surface area contributed by atoms with E-state index in [4.69, 9.17) is 14.5 Å². The molecule has 4 aromatic rings. The standard InChI is InChI=1S/C51H54FN9O11/c1-28-17-31-19-39-49-33(24-61(39)51(70)34(31)25-72-28)48-36(13-12-32-29(2)35(52)20-37(59-49)47(32)48)57-44(66)26-71-27-56-42(64)22-55-50(69)38(18-30-9-5-3-6-10-30)58-43(65)23-54-41(63)21-53-40(62)11-7-4-8-16-60-45(67)14-15-46(60)68/h3,5-6,9-10,14-15,19-20,36,38H,1,4,7-8,11-13,16-18,21-27H2,2H3,(H,53,62)(H,54,63)(H,55,69)(H,56,64)(H,57,66)(H,58,65)/t36-,38-/m0/s1. The number of pyridine rings is 2. The second kappa shape index (κ2) is 22.3. The number of amides is 8. The monoisotopic (exact) mass is 987 g/mol. The third-order valence-corrected chi connectivity index (χ3v) is 13.0. The largest absolute Gasteiger partial charge is 0.493 e. The normalized spacial score (nSPS) is 15.5. The summed E-state index contributed by atoms with van der Waals surface area (Å²) in [6.45, 7) is 3.99. The molecule has 376 valence electrons. The van der Waals surface area contributed by atoms with Crippen molar-refractivity contribution < 1.29 is 52.2 Å². The number of rotatable bonds is 21. The maximum Gasteiger partial charge on any atom is 0.258 e. The van der Waals surface area contributed by atoms with Crippen molar-refractivity contribution in [2.45, 2.75) is 83.5 Å². The lowest BCUT2D eigenvalue weighted by Crippen LogP contribution is -2.52. The van der Waals surface area contributed by atoms with Crippen molar-refractivity contribution in [3.63, 3.8) is 0 Å². The van der Waals surface area contributed by atoms with E-state index >= 15 is 4.39 Å². The summed E-state index contributed by atoms with van der Waals surface area (Å²) in [5, 5.41) is 16.2. The molecule has 0 radical (unpaired) electrons. The number of ether oxygens (including phenoxy) is 2. The van der Waals surface area contributed by atoms with Crippen LogP contribution >= 0.6 is 0 Å². The lowest BCUT2D eigenvalue weighted by molar-refractivity contribution is -0.137. The van der Waals surface area contributed by atoms with Crippen molar-refractivity contribution in [2.24, 2.45) is 0 Å². The van der Waals surface area contributed by atoms with Crippen LogP contribution in [0, 0.1) is 12.7 Å². The van der Waals surface area contributed by atoms with Crippen LogP contribution in [-0.4, -0.2) is 107 Å². The fourth-order valence-electron chi connectivity index (χ4n) is 9.35. The molecule has 1 aliphatic carbocycles. The van der Waals surface area contributed by atoms with Crippen molar-refractivity contribution in [3.8, 4) is 11.4 Å². The van der Waals surface area contributed by atoms with Gasteiger partial charge in [0.2, 0.25) is 35.4 Å². The average Bonchev–Trinajstić information content (AvgIpc) is 3.89. The van der Waals surface area contributed by atoms with Gasteiger partial charge in [-0.25, -0.2) is 9.37 Å². The summed E-state index contributed by atoms with van der Waals surface area (Å²) in [6.07, 6.45) is 5.46. The number of unbranched alkanes of at least 4 members (excludes halogenated alkanes) is 2. The van der Waals surface area contributed by atoms with Crippen LogP contribution in [0.25, 0.3) is 22.3 Å². The molecule has 0 bridgehead atoms. The summed E-state index contributed by atoms with van der Waals surface area (Å²) in [5.74, 6) is -4.13. The van der Waals surface area contributed by atoms with Crippen LogP contribution in [-0.2, 0) is 80.2 Å². The zero-order chi connectivity index (χ0) is 51.1. The average molecular weight is 988 g/mol. The predicted molar refractivity (Wildman–Crippen MR) is 256 cm³/mol. The van der Waals surface area contributed by atoms with Gasteiger partial charge in [-0.3, -0.25) is 48.1 Å². The molecule has 5 heterocycles. The lowest BCUT2D eigenvalue weighted by atomic mass is 9.81. The molecule has 21 heteroatoms. The first-order valence-electron chi connectivity index (χ1n) is 23.7. The molecule has 2 aromatic carbocycles. The Hall–Kier alpha value is -8.07. The molecule has 0 unspecified atom stereocenters. The van der Waals surface area contributed by atoms with Gasteiger partial charge in [0.1, 0.15) is 31.8 Å². The lowest BCUT2D eigenvalue weighted by Gasteiger charge is -2.29. The Morgan fingerprint density at radius 1 is 0.861 bits per heavy atom. The fraction of sp³-hybridized carbons (Fsp3) is 0.373. The number of benzene rings is 2. The van der Waals surface area contributed by atoms with Gasteiger partial charge in [-0.15, -0.1) is 0 Å². The van der Waals surface area contributed by atoms with Crippen LogP contribution in [0.5, 0.6) is 0 Å². The topological polar surface area (TPSA) is 265 Å². The van der Waals surface area contributed by atoms with E-state index in [1.807, 2.05) is 6.07 Å². The molecule has 20 nitrogen and oxygen atoms in total. The molecule has 6 N–H and O–H groups in total. The predicted octanol–water partition coefficient (Wildman–Crippen LogP) is 1.21. The van der Waals surface area contributed by atoms with Crippen molar-refractivity contribution in [2.75, 3.05) is 39.5 Å². The minimum atomic E-state index is -1.14. The number of aryl methyl sites for hydroxylation is 1. The number of halogens is 1. The minimum Gasteiger partial charge on any atom is -0.493 e. The summed E-state index contributed by atoms with van der Waals surface area (Å²) in [7, 11) is 0. The number of carbonyl (C=O) groups is 8. The summed E-state index contributed by atoms with van der Waals surface area (Å²) >= 11 is 0. The van der Waals surface area contributed by atoms with E-state index in [1.165, 1.54) is 18.2 Å². The first-order valence-corrected chi connectivity index (χ1v) is 23.7. The highest BCUT2D eigenvalue weighted by Gasteiger charge is 2.36. The van der Waals surface area contributed by atoms with Gasteiger partial charge in [-0.1, -0.05) is 43.3 Å². The maximum atomic E-state index is 15.3. The number of carbonyl (C=O) groups excluding carboxylic acids is 8. The van der Waals surface area contributed by atoms with E-state index in [9.17, 15) is 43.2 Å². The molecule has 0 saturated carbocycles. The molecular weight excluding hydrogens is 934 g/mol. The van der Waals surface area contributed by atoms with Crippen LogP contribution in [0.15, 0.2) is 71.7 Å². The van der Waals surface area contributed by atoms with Gasteiger partial charge >= 0.3 is 0 Å². The van der Waals surface area contributed by atoms with Crippen LogP contribution in [0.3, 0.4) is 0 Å². The number of imide groups is 1. The van der Waals surface area contributed by atoms with Gasteiger partial charge in [0, 0.05) is 55.0 Å². The van der Waals surface area contributed by atoms with Crippen molar-refractivity contribution >= 4 is 58.2 Å². The van der Waals surface area contributed by atoms with Crippen LogP contribution in [0.4, 0.5) is 4.39 Å². The van der Waals surface area contributed by atoms with Gasteiger partial charge < -0.3 is 45.9 Å². The van der Waals surface area contributed by atoms with Gasteiger partial charge in [-0.2, -0.15) is 0 Å². The quantitative estimate of drug-likeness (QED) is 0.0345. The van der Waals surface area contributed by atoms with Crippen molar-refractivity contribution in [1.29, 1.82) is 0 Å². The van der Waals surface area contributed by atoms with Gasteiger partial charge in [0.25, 0.3) is 17.4 Å². The van der Waals surface area contributed by atoms with E-state index in [2.05, 4.69) is 38.5 Å². The molecule has 2 aromatic heterocycles. The van der Waals surface area contributed by atoms with E-state index < -0.39 is 79.6 Å². The molecule has 3 aliphatic heterocycles. The zero-order valence-corrected chi connectivity index (χ0v) is 39.6. The second-order valence-corrected chi connectivity index (χ2v) is 17.9. The van der Waals surface area contributed by atoms with E-state index in [0.29, 0.717) is 77.9 Å². The Kier molecular flexibility index (Phi) is 15.6. The SMILES string of the molecule is C=C1Cc2cc3n(c(=O)c2CO1)Cc1c-3nc2cc(F)c(C)c3c2c1[C@@H](NC(=O)COCNC(=O)CNC(=O)[C@H](Cc1ccccc1)NC(=O)CNC(=O)CNC(=O)CCCCCN1C(=O)C=CC1=O)CC3. The third kappa shape index (κ3) is 11.6. The highest BCUT2D eigenvalue weighted by Crippen LogP contribution is 2.45. The molecule has 0 fully saturated rings. The molecule has 8 rings (SSSR count). The van der Waals surface area contributed by atoms with Gasteiger partial charge in [0.05, 0.1) is 60.4 Å². The summed E-state index contributed by atoms with van der Waals surface area (Å²) in [6, 6.07) is 10.4. The van der Waals surface area contributed by atoms with E-state index in [-0.39, 0.29) is 56.6 Å². The van der Waals surface area contributed by atoms with Crippen LogP contribution in [0.2, 0.25) is 0 Å². The Labute approximate surface area is 412 Å². The molecule has 0 spiro atoms. The number of allylic oxidation sites excluding steroid dienone is 1. The Bertz CT molecular complexity index is 2970. The number of hydrogen-bond acceptors (Lipinski definition) is 12. The smallest absolute Gasteiger partial charge is 0.258 e. The first-order chi connectivity index (χ1) is 34.6. The second-order valence-electron chi connectivity index (χ2n) is 17.9. The summed E-state index contributed by atoms with van der Waals surface area (Å²) in [5.41, 5.74) is 6.23. The van der Waals surface area contributed by atoms with Gasteiger partial charge in [0.15, 0.2) is 0 Å². The summed E-state index contributed by atoms with van der Waals surface area (Å²) < 4.78 is 28.0. The molecule has 2 atom stereocenters. The van der Waals surface area contributed by atoms with Crippen LogP contribution < -0.4 is 37.5 Å². The van der Waals surface area contributed by atoms with E-state index in [0.717, 1.165) is 32.5 Å². The first kappa shape index (κ1) is 50.3. The number of fused-ring (bicyclic) bond motifs is 5. The minimum absolute atomic E-state index is 0.0555. The number of nitrogens with one attached hydrogen (secondary N) is 6. The summed E-state index contributed by atoms with van der Waals surface area (Å²) in [4.78, 5) is 120.